The Labute approximate surface area is 140 Å². The number of benzene rings is 2. The number of sulfonamides is 1. The van der Waals surface area contributed by atoms with Gasteiger partial charge in [-0.05, 0) is 53.2 Å². The highest BCUT2D eigenvalue weighted by Crippen LogP contribution is 2.31. The fourth-order valence-electron chi connectivity index (χ4n) is 1.94. The van der Waals surface area contributed by atoms with Crippen molar-refractivity contribution < 1.29 is 13.5 Å². The maximum absolute atomic E-state index is 12.8. The van der Waals surface area contributed by atoms with E-state index in [0.717, 1.165) is 4.47 Å². The summed E-state index contributed by atoms with van der Waals surface area (Å²) in [7, 11) is -3.71. The van der Waals surface area contributed by atoms with E-state index in [2.05, 4.69) is 31.9 Å². The summed E-state index contributed by atoms with van der Waals surface area (Å²) >= 11 is 6.58. The van der Waals surface area contributed by atoms with E-state index >= 15 is 0 Å². The molecule has 21 heavy (non-hydrogen) atoms. The van der Waals surface area contributed by atoms with Crippen LogP contribution < -0.4 is 4.31 Å². The molecule has 0 aliphatic carbocycles. The number of aromatic hydroxyl groups is 1. The van der Waals surface area contributed by atoms with E-state index in [-0.39, 0.29) is 17.2 Å². The highest BCUT2D eigenvalue weighted by molar-refractivity contribution is 9.11. The molecule has 0 spiro atoms. The normalized spacial score (nSPS) is 11.4. The zero-order chi connectivity index (χ0) is 15.6. The van der Waals surface area contributed by atoms with E-state index in [1.807, 2.05) is 0 Å². The smallest absolute Gasteiger partial charge is 0.265 e. The van der Waals surface area contributed by atoms with Crippen molar-refractivity contribution in [2.24, 2.45) is 0 Å². The fraction of sp³-hybridized carbons (Fsp3) is 0.143. The molecule has 0 atom stereocenters. The van der Waals surface area contributed by atoms with Crippen LogP contribution >= 0.6 is 31.9 Å². The Bertz CT molecular complexity index is 763. The molecule has 0 fully saturated rings. The summed E-state index contributed by atoms with van der Waals surface area (Å²) in [6.07, 6.45) is 0. The van der Waals surface area contributed by atoms with Gasteiger partial charge in [0.25, 0.3) is 10.0 Å². The highest BCUT2D eigenvalue weighted by atomic mass is 79.9. The van der Waals surface area contributed by atoms with Gasteiger partial charge < -0.3 is 5.11 Å². The minimum atomic E-state index is -3.71. The van der Waals surface area contributed by atoms with Crippen LogP contribution in [-0.4, -0.2) is 20.1 Å². The van der Waals surface area contributed by atoms with Crippen LogP contribution in [0.25, 0.3) is 0 Å². The molecule has 0 unspecified atom stereocenters. The van der Waals surface area contributed by atoms with Crippen LogP contribution in [0.1, 0.15) is 6.92 Å². The summed E-state index contributed by atoms with van der Waals surface area (Å²) in [6, 6.07) is 11.1. The molecule has 0 heterocycles. The van der Waals surface area contributed by atoms with Crippen LogP contribution in [0, 0.1) is 0 Å². The van der Waals surface area contributed by atoms with Crippen molar-refractivity contribution in [2.45, 2.75) is 11.8 Å². The maximum atomic E-state index is 12.8. The maximum Gasteiger partial charge on any atom is 0.265 e. The van der Waals surface area contributed by atoms with E-state index in [1.165, 1.54) is 22.5 Å². The van der Waals surface area contributed by atoms with E-state index < -0.39 is 10.0 Å². The SMILES string of the molecule is CCN(c1cccc(O)c1)S(=O)(=O)c1ccc(Br)cc1Br. The Morgan fingerprint density at radius 2 is 1.86 bits per heavy atom. The lowest BCUT2D eigenvalue weighted by molar-refractivity contribution is 0.475. The van der Waals surface area contributed by atoms with Gasteiger partial charge >= 0.3 is 0 Å². The number of hydrogen-bond donors (Lipinski definition) is 1. The van der Waals surface area contributed by atoms with Gasteiger partial charge in [0.1, 0.15) is 10.6 Å². The molecule has 0 saturated heterocycles. The molecule has 1 N–H and O–H groups in total. The summed E-state index contributed by atoms with van der Waals surface area (Å²) < 4.78 is 28.1. The average Bonchev–Trinajstić information content (AvgIpc) is 2.38. The summed E-state index contributed by atoms with van der Waals surface area (Å²) in [5.74, 6) is 0.0241. The molecule has 0 aliphatic rings. The largest absolute Gasteiger partial charge is 0.508 e. The molecule has 0 amide bonds. The molecule has 0 bridgehead atoms. The van der Waals surface area contributed by atoms with E-state index in [0.29, 0.717) is 10.2 Å². The Kier molecular flexibility index (Phi) is 4.95. The lowest BCUT2D eigenvalue weighted by Crippen LogP contribution is -2.31. The highest BCUT2D eigenvalue weighted by Gasteiger charge is 2.26. The van der Waals surface area contributed by atoms with Crippen LogP contribution in [0.2, 0.25) is 0 Å². The monoisotopic (exact) mass is 433 g/mol. The van der Waals surface area contributed by atoms with Gasteiger partial charge in [-0.15, -0.1) is 0 Å². The average molecular weight is 435 g/mol. The number of phenols is 1. The first-order valence-corrected chi connectivity index (χ1v) is 9.15. The molecule has 0 aliphatic heterocycles. The van der Waals surface area contributed by atoms with Crippen molar-refractivity contribution in [3.8, 4) is 5.75 Å². The molecular weight excluding hydrogens is 422 g/mol. The number of rotatable bonds is 4. The molecule has 0 radical (unpaired) electrons. The van der Waals surface area contributed by atoms with Gasteiger partial charge in [-0.1, -0.05) is 22.0 Å². The predicted octanol–water partition coefficient (Wildman–Crippen LogP) is 4.13. The number of anilines is 1. The van der Waals surface area contributed by atoms with Crippen LogP contribution in [0.5, 0.6) is 5.75 Å². The second kappa shape index (κ2) is 6.37. The molecule has 112 valence electrons. The summed E-state index contributed by atoms with van der Waals surface area (Å²) in [4.78, 5) is 0.177. The van der Waals surface area contributed by atoms with Crippen LogP contribution in [0.3, 0.4) is 0 Å². The van der Waals surface area contributed by atoms with E-state index in [9.17, 15) is 13.5 Å². The van der Waals surface area contributed by atoms with Crippen molar-refractivity contribution >= 4 is 47.6 Å². The van der Waals surface area contributed by atoms with Gasteiger partial charge in [0.2, 0.25) is 0 Å². The van der Waals surface area contributed by atoms with Gasteiger partial charge in [0.15, 0.2) is 0 Å². The van der Waals surface area contributed by atoms with Gasteiger partial charge in [0, 0.05) is 21.6 Å². The minimum Gasteiger partial charge on any atom is -0.508 e. The van der Waals surface area contributed by atoms with Gasteiger partial charge in [-0.2, -0.15) is 0 Å². The van der Waals surface area contributed by atoms with Gasteiger partial charge in [-0.3, -0.25) is 4.31 Å². The zero-order valence-corrected chi connectivity index (χ0v) is 15.1. The summed E-state index contributed by atoms with van der Waals surface area (Å²) in [5, 5.41) is 9.55. The molecule has 4 nitrogen and oxygen atoms in total. The number of halogens is 2. The molecule has 7 heteroatoms. The molecule has 2 aromatic carbocycles. The second-order valence-corrected chi connectivity index (χ2v) is 7.87. The Balaban J connectivity index is 2.54. The van der Waals surface area contributed by atoms with Crippen molar-refractivity contribution in [3.05, 3.63) is 51.4 Å². The molecule has 0 aromatic heterocycles. The Hall–Kier alpha value is -1.05. The topological polar surface area (TPSA) is 57.6 Å². The second-order valence-electron chi connectivity index (χ2n) is 4.26. The Morgan fingerprint density at radius 1 is 1.14 bits per heavy atom. The first kappa shape index (κ1) is 16.3. The lowest BCUT2D eigenvalue weighted by atomic mass is 10.3. The van der Waals surface area contributed by atoms with Crippen molar-refractivity contribution in [1.29, 1.82) is 0 Å². The fourth-order valence-corrected chi connectivity index (χ4v) is 5.12. The van der Waals surface area contributed by atoms with Crippen LogP contribution in [0.15, 0.2) is 56.3 Å². The standard InChI is InChI=1S/C14H13Br2NO3S/c1-2-17(11-4-3-5-12(18)9-11)21(19,20)14-7-6-10(15)8-13(14)16/h3-9,18H,2H2,1H3. The quantitative estimate of drug-likeness (QED) is 0.786. The van der Waals surface area contributed by atoms with Crippen molar-refractivity contribution in [1.82, 2.24) is 0 Å². The third kappa shape index (κ3) is 3.41. The number of hydrogen-bond acceptors (Lipinski definition) is 3. The third-order valence-electron chi connectivity index (χ3n) is 2.87. The number of nitrogens with zero attached hydrogens (tertiary/aromatic N) is 1. The van der Waals surface area contributed by atoms with E-state index in [1.54, 1.807) is 31.2 Å². The van der Waals surface area contributed by atoms with Crippen molar-refractivity contribution in [2.75, 3.05) is 10.8 Å². The van der Waals surface area contributed by atoms with Crippen LogP contribution in [0.4, 0.5) is 5.69 Å². The molecule has 2 rings (SSSR count). The first-order chi connectivity index (χ1) is 9.86. The molecule has 0 saturated carbocycles. The van der Waals surface area contributed by atoms with Crippen LogP contribution in [-0.2, 0) is 10.0 Å². The van der Waals surface area contributed by atoms with Gasteiger partial charge in [0.05, 0.1) is 5.69 Å². The predicted molar refractivity (Wildman–Crippen MR) is 90.2 cm³/mol. The minimum absolute atomic E-state index is 0.0241. The Morgan fingerprint density at radius 3 is 2.43 bits per heavy atom. The molecule has 2 aromatic rings. The summed E-state index contributed by atoms with van der Waals surface area (Å²) in [6.45, 7) is 2.00. The van der Waals surface area contributed by atoms with E-state index in [4.69, 9.17) is 0 Å². The summed E-state index contributed by atoms with van der Waals surface area (Å²) in [5.41, 5.74) is 0.423. The third-order valence-corrected chi connectivity index (χ3v) is 6.24. The first-order valence-electron chi connectivity index (χ1n) is 6.13. The van der Waals surface area contributed by atoms with Crippen molar-refractivity contribution in [3.63, 3.8) is 0 Å². The number of phenolic OH excluding ortho intramolecular Hbond substituents is 1. The zero-order valence-electron chi connectivity index (χ0n) is 11.1. The molecular formula is C14H13Br2NO3S. The van der Waals surface area contributed by atoms with Gasteiger partial charge in [-0.25, -0.2) is 8.42 Å². The lowest BCUT2D eigenvalue weighted by Gasteiger charge is -2.23.